The van der Waals surface area contributed by atoms with Crippen LogP contribution in [0.4, 0.5) is 4.39 Å². The van der Waals surface area contributed by atoms with Crippen LogP contribution >= 0.6 is 12.4 Å². The monoisotopic (exact) mass is 382 g/mol. The third-order valence-electron chi connectivity index (χ3n) is 4.57. The summed E-state index contributed by atoms with van der Waals surface area (Å²) in [6.07, 6.45) is 2.09. The van der Waals surface area contributed by atoms with Crippen molar-refractivity contribution < 1.29 is 18.3 Å². The number of benzene rings is 1. The average molecular weight is 383 g/mol. The van der Waals surface area contributed by atoms with E-state index in [9.17, 15) is 9.18 Å². The molecule has 7 heteroatoms. The van der Waals surface area contributed by atoms with E-state index in [1.165, 1.54) is 12.1 Å². The molecule has 5 nitrogen and oxygen atoms in total. The number of hydrogen-bond acceptors (Lipinski definition) is 4. The van der Waals surface area contributed by atoms with Crippen LogP contribution in [0.3, 0.4) is 0 Å². The maximum atomic E-state index is 12.9. The Hall–Kier alpha value is -2.05. The molecule has 1 saturated heterocycles. The maximum Gasteiger partial charge on any atom is 0.287 e. The molecule has 2 heterocycles. The van der Waals surface area contributed by atoms with E-state index in [2.05, 4.69) is 17.6 Å². The standard InChI is InChI=1S/C19H23FN2O3.ClH/c1-19(8-10-21-11-9-19)13-22-18(23)17-7-6-16(25-17)12-24-15-4-2-14(20)3-5-15;/h2-7,21H,8-13H2,1H3,(H,22,23);1H. The van der Waals surface area contributed by atoms with Crippen molar-refractivity contribution >= 4 is 18.3 Å². The molecule has 1 amide bonds. The van der Waals surface area contributed by atoms with Crippen molar-refractivity contribution in [2.24, 2.45) is 5.41 Å². The number of halogens is 2. The molecule has 2 N–H and O–H groups in total. The second-order valence-corrected chi connectivity index (χ2v) is 6.75. The Kier molecular flexibility index (Phi) is 7.06. The largest absolute Gasteiger partial charge is 0.486 e. The van der Waals surface area contributed by atoms with E-state index in [1.807, 2.05) is 0 Å². The summed E-state index contributed by atoms with van der Waals surface area (Å²) in [6, 6.07) is 9.11. The Morgan fingerprint density at radius 2 is 1.92 bits per heavy atom. The van der Waals surface area contributed by atoms with Crippen LogP contribution in [0.25, 0.3) is 0 Å². The van der Waals surface area contributed by atoms with Crippen molar-refractivity contribution in [3.63, 3.8) is 0 Å². The molecule has 1 aromatic heterocycles. The van der Waals surface area contributed by atoms with Gasteiger partial charge in [-0.2, -0.15) is 0 Å². The highest BCUT2D eigenvalue weighted by atomic mass is 35.5. The lowest BCUT2D eigenvalue weighted by Crippen LogP contribution is -2.42. The molecule has 0 spiro atoms. The van der Waals surface area contributed by atoms with Gasteiger partial charge in [-0.1, -0.05) is 6.92 Å². The van der Waals surface area contributed by atoms with Crippen LogP contribution in [-0.4, -0.2) is 25.5 Å². The summed E-state index contributed by atoms with van der Waals surface area (Å²) in [5.74, 6) is 0.833. The first-order valence-electron chi connectivity index (χ1n) is 8.50. The molecule has 26 heavy (non-hydrogen) atoms. The SMILES string of the molecule is CC1(CNC(=O)c2ccc(COc3ccc(F)cc3)o2)CCNCC1.Cl. The fourth-order valence-electron chi connectivity index (χ4n) is 2.85. The molecular weight excluding hydrogens is 359 g/mol. The predicted molar refractivity (Wildman–Crippen MR) is 99.2 cm³/mol. The molecular formula is C19H24ClFN2O3. The van der Waals surface area contributed by atoms with Gasteiger partial charge in [0.2, 0.25) is 0 Å². The number of carbonyl (C=O) groups is 1. The fourth-order valence-corrected chi connectivity index (χ4v) is 2.85. The first-order chi connectivity index (χ1) is 12.0. The molecule has 2 aromatic rings. The van der Waals surface area contributed by atoms with E-state index in [0.29, 0.717) is 18.1 Å². The lowest BCUT2D eigenvalue weighted by Gasteiger charge is -2.33. The van der Waals surface area contributed by atoms with Crippen LogP contribution < -0.4 is 15.4 Å². The molecule has 0 radical (unpaired) electrons. The molecule has 0 saturated carbocycles. The predicted octanol–water partition coefficient (Wildman–Crippen LogP) is 3.54. The van der Waals surface area contributed by atoms with Gasteiger partial charge in [0.1, 0.15) is 23.9 Å². The number of carbonyl (C=O) groups excluding carboxylic acids is 1. The summed E-state index contributed by atoms with van der Waals surface area (Å²) < 4.78 is 23.9. The number of furan rings is 1. The quantitative estimate of drug-likeness (QED) is 0.802. The summed E-state index contributed by atoms with van der Waals surface area (Å²) in [7, 11) is 0. The van der Waals surface area contributed by atoms with Gasteiger partial charge in [-0.3, -0.25) is 4.79 Å². The van der Waals surface area contributed by atoms with Crippen LogP contribution in [0.15, 0.2) is 40.8 Å². The van der Waals surface area contributed by atoms with E-state index in [-0.39, 0.29) is 41.9 Å². The number of ether oxygens (including phenoxy) is 1. The van der Waals surface area contributed by atoms with Crippen molar-refractivity contribution in [1.29, 1.82) is 0 Å². The van der Waals surface area contributed by atoms with Crippen molar-refractivity contribution in [3.05, 3.63) is 53.7 Å². The van der Waals surface area contributed by atoms with Gasteiger partial charge >= 0.3 is 0 Å². The minimum absolute atomic E-state index is 0. The van der Waals surface area contributed by atoms with Crippen molar-refractivity contribution in [2.45, 2.75) is 26.4 Å². The lowest BCUT2D eigenvalue weighted by atomic mass is 9.81. The fraction of sp³-hybridized carbons (Fsp3) is 0.421. The van der Waals surface area contributed by atoms with Crippen molar-refractivity contribution in [1.82, 2.24) is 10.6 Å². The summed E-state index contributed by atoms with van der Waals surface area (Å²) in [5.41, 5.74) is 0.127. The number of rotatable bonds is 6. The Balaban J connectivity index is 0.00000243. The van der Waals surface area contributed by atoms with E-state index < -0.39 is 0 Å². The Bertz CT molecular complexity index is 712. The molecule has 0 bridgehead atoms. The first kappa shape index (κ1) is 20.3. The van der Waals surface area contributed by atoms with Gasteiger partial charge in [0.05, 0.1) is 0 Å². The highest BCUT2D eigenvalue weighted by molar-refractivity contribution is 5.91. The zero-order valence-corrected chi connectivity index (χ0v) is 15.5. The van der Waals surface area contributed by atoms with Gasteiger partial charge in [-0.05, 0) is 67.7 Å². The molecule has 0 atom stereocenters. The highest BCUT2D eigenvalue weighted by Crippen LogP contribution is 2.26. The zero-order chi connectivity index (χ0) is 17.7. The van der Waals surface area contributed by atoms with Gasteiger partial charge < -0.3 is 19.8 Å². The first-order valence-corrected chi connectivity index (χ1v) is 8.50. The van der Waals surface area contributed by atoms with E-state index >= 15 is 0 Å². The second kappa shape index (κ2) is 9.05. The zero-order valence-electron chi connectivity index (χ0n) is 14.7. The van der Waals surface area contributed by atoms with Crippen LogP contribution in [-0.2, 0) is 6.61 Å². The van der Waals surface area contributed by atoms with Crippen LogP contribution in [0.5, 0.6) is 5.75 Å². The Morgan fingerprint density at radius 3 is 2.62 bits per heavy atom. The molecule has 1 aliphatic heterocycles. The topological polar surface area (TPSA) is 63.5 Å². The van der Waals surface area contributed by atoms with E-state index in [0.717, 1.165) is 25.9 Å². The van der Waals surface area contributed by atoms with Crippen molar-refractivity contribution in [2.75, 3.05) is 19.6 Å². The highest BCUT2D eigenvalue weighted by Gasteiger charge is 2.27. The normalized spacial score (nSPS) is 15.8. The van der Waals surface area contributed by atoms with Crippen LogP contribution in [0.2, 0.25) is 0 Å². The minimum atomic E-state index is -0.313. The van der Waals surface area contributed by atoms with Gasteiger partial charge in [0.25, 0.3) is 5.91 Å². The van der Waals surface area contributed by atoms with E-state index in [4.69, 9.17) is 9.15 Å². The van der Waals surface area contributed by atoms with Gasteiger partial charge in [-0.25, -0.2) is 4.39 Å². The van der Waals surface area contributed by atoms with Crippen molar-refractivity contribution in [3.8, 4) is 5.75 Å². The van der Waals surface area contributed by atoms with Gasteiger partial charge in [0.15, 0.2) is 5.76 Å². The summed E-state index contributed by atoms with van der Waals surface area (Å²) in [5, 5.41) is 6.29. The van der Waals surface area contributed by atoms with E-state index in [1.54, 1.807) is 24.3 Å². The third-order valence-corrected chi connectivity index (χ3v) is 4.57. The molecule has 142 valence electrons. The average Bonchev–Trinajstić information content (AvgIpc) is 3.09. The summed E-state index contributed by atoms with van der Waals surface area (Å²) in [6.45, 7) is 4.98. The smallest absolute Gasteiger partial charge is 0.287 e. The molecule has 1 aromatic carbocycles. The number of piperidine rings is 1. The Labute approximate surface area is 158 Å². The number of amides is 1. The van der Waals surface area contributed by atoms with Gasteiger partial charge in [-0.15, -0.1) is 12.4 Å². The van der Waals surface area contributed by atoms with Crippen LogP contribution in [0.1, 0.15) is 36.1 Å². The minimum Gasteiger partial charge on any atom is -0.486 e. The number of hydrogen-bond donors (Lipinski definition) is 2. The summed E-state index contributed by atoms with van der Waals surface area (Å²) in [4.78, 5) is 12.3. The summed E-state index contributed by atoms with van der Waals surface area (Å²) >= 11 is 0. The molecule has 1 fully saturated rings. The second-order valence-electron chi connectivity index (χ2n) is 6.75. The molecule has 3 rings (SSSR count). The number of nitrogens with one attached hydrogen (secondary N) is 2. The third kappa shape index (κ3) is 5.47. The van der Waals surface area contributed by atoms with Gasteiger partial charge in [0, 0.05) is 6.54 Å². The lowest BCUT2D eigenvalue weighted by molar-refractivity contribution is 0.0890. The Morgan fingerprint density at radius 1 is 1.23 bits per heavy atom. The molecule has 1 aliphatic rings. The maximum absolute atomic E-state index is 12.9. The molecule has 0 aliphatic carbocycles. The molecule has 0 unspecified atom stereocenters. The van der Waals surface area contributed by atoms with Crippen LogP contribution in [0, 0.1) is 11.2 Å².